The number of hydrogen-bond acceptors (Lipinski definition) is 2. The molecule has 1 amide bonds. The molecule has 3 rings (SSSR count). The van der Waals surface area contributed by atoms with Crippen molar-refractivity contribution < 1.29 is 13.6 Å². The standard InChI is InChI=1S/C15H18F2N2O.ClH/c16-12-4-1-5-13(17)14(12)10-7-11(10)15(20)19-9-3-2-6-18-8-9;/h1,4-5,9-11,18H,2-3,6-8H2,(H,19,20);1H. The lowest BCUT2D eigenvalue weighted by atomic mass is 10.1. The second-order valence-electron chi connectivity index (χ2n) is 5.64. The van der Waals surface area contributed by atoms with Crippen molar-refractivity contribution in [2.45, 2.75) is 31.2 Å². The molecule has 1 aliphatic heterocycles. The highest BCUT2D eigenvalue weighted by Gasteiger charge is 2.46. The SMILES string of the molecule is Cl.O=C(NC1CCCNC1)C1CC1c1c(F)cccc1F. The average molecular weight is 317 g/mol. The van der Waals surface area contributed by atoms with Crippen LogP contribution < -0.4 is 10.6 Å². The van der Waals surface area contributed by atoms with E-state index in [1.165, 1.54) is 18.2 Å². The van der Waals surface area contributed by atoms with E-state index in [2.05, 4.69) is 10.6 Å². The Morgan fingerprint density at radius 1 is 1.29 bits per heavy atom. The Hall–Kier alpha value is -1.20. The van der Waals surface area contributed by atoms with E-state index in [1.54, 1.807) is 0 Å². The van der Waals surface area contributed by atoms with Gasteiger partial charge in [0.15, 0.2) is 0 Å². The van der Waals surface area contributed by atoms with E-state index >= 15 is 0 Å². The smallest absolute Gasteiger partial charge is 0.224 e. The number of carbonyl (C=O) groups is 1. The summed E-state index contributed by atoms with van der Waals surface area (Å²) in [5.74, 6) is -1.78. The zero-order chi connectivity index (χ0) is 14.1. The topological polar surface area (TPSA) is 41.1 Å². The lowest BCUT2D eigenvalue weighted by Gasteiger charge is -2.23. The molecule has 1 saturated carbocycles. The maximum atomic E-state index is 13.7. The fraction of sp³-hybridized carbons (Fsp3) is 0.533. The molecule has 2 N–H and O–H groups in total. The van der Waals surface area contributed by atoms with Gasteiger partial charge in [0.1, 0.15) is 11.6 Å². The third-order valence-corrected chi connectivity index (χ3v) is 4.14. The maximum absolute atomic E-state index is 13.7. The number of amides is 1. The van der Waals surface area contributed by atoms with Gasteiger partial charge in [0.25, 0.3) is 0 Å². The van der Waals surface area contributed by atoms with Crippen molar-refractivity contribution in [3.8, 4) is 0 Å². The molecule has 1 saturated heterocycles. The van der Waals surface area contributed by atoms with Crippen LogP contribution in [0.5, 0.6) is 0 Å². The molecule has 0 spiro atoms. The monoisotopic (exact) mass is 316 g/mol. The summed E-state index contributed by atoms with van der Waals surface area (Å²) in [7, 11) is 0. The Bertz CT molecular complexity index is 500. The molecule has 2 fully saturated rings. The van der Waals surface area contributed by atoms with Crippen molar-refractivity contribution in [2.75, 3.05) is 13.1 Å². The Balaban J connectivity index is 0.00000161. The van der Waals surface area contributed by atoms with Gasteiger partial charge >= 0.3 is 0 Å². The van der Waals surface area contributed by atoms with Crippen molar-refractivity contribution in [3.63, 3.8) is 0 Å². The molecule has 1 heterocycles. The number of carbonyl (C=O) groups excluding carboxylic acids is 1. The van der Waals surface area contributed by atoms with E-state index in [-0.39, 0.29) is 41.8 Å². The van der Waals surface area contributed by atoms with Gasteiger partial charge in [-0.05, 0) is 37.9 Å². The molecule has 0 aromatic heterocycles. The molecule has 3 atom stereocenters. The van der Waals surface area contributed by atoms with Crippen molar-refractivity contribution in [1.29, 1.82) is 0 Å². The largest absolute Gasteiger partial charge is 0.352 e. The van der Waals surface area contributed by atoms with Crippen molar-refractivity contribution in [3.05, 3.63) is 35.4 Å². The predicted molar refractivity (Wildman–Crippen MR) is 78.5 cm³/mol. The molecule has 116 valence electrons. The molecule has 0 bridgehead atoms. The van der Waals surface area contributed by atoms with Gasteiger partial charge in [-0.1, -0.05) is 6.07 Å². The summed E-state index contributed by atoms with van der Waals surface area (Å²) in [5, 5.41) is 6.20. The zero-order valence-electron chi connectivity index (χ0n) is 11.6. The third-order valence-electron chi connectivity index (χ3n) is 4.14. The van der Waals surface area contributed by atoms with E-state index in [0.717, 1.165) is 25.9 Å². The van der Waals surface area contributed by atoms with Crippen LogP contribution in [0.3, 0.4) is 0 Å². The lowest BCUT2D eigenvalue weighted by Crippen LogP contribution is -2.46. The summed E-state index contributed by atoms with van der Waals surface area (Å²) in [6, 6.07) is 3.98. The first-order chi connectivity index (χ1) is 9.66. The van der Waals surface area contributed by atoms with E-state index < -0.39 is 11.6 Å². The van der Waals surface area contributed by atoms with Gasteiger partial charge in [-0.2, -0.15) is 0 Å². The molecule has 1 aromatic rings. The number of piperidine rings is 1. The summed E-state index contributed by atoms with van der Waals surface area (Å²) in [6.45, 7) is 1.76. The third kappa shape index (κ3) is 3.52. The summed E-state index contributed by atoms with van der Waals surface area (Å²) >= 11 is 0. The van der Waals surface area contributed by atoms with E-state index in [0.29, 0.717) is 6.42 Å². The minimum Gasteiger partial charge on any atom is -0.352 e. The normalized spacial score (nSPS) is 27.6. The molecule has 1 aliphatic carbocycles. The molecule has 2 aliphatic rings. The Morgan fingerprint density at radius 3 is 2.62 bits per heavy atom. The Kier molecular flexibility index (Phi) is 5.17. The highest BCUT2D eigenvalue weighted by molar-refractivity contribution is 5.85. The molecule has 3 unspecified atom stereocenters. The average Bonchev–Trinajstić information content (AvgIpc) is 3.20. The van der Waals surface area contributed by atoms with Crippen molar-refractivity contribution >= 4 is 18.3 Å². The highest BCUT2D eigenvalue weighted by Crippen LogP contribution is 2.49. The second kappa shape index (κ2) is 6.71. The first-order valence-electron chi connectivity index (χ1n) is 7.12. The first kappa shape index (κ1) is 16.2. The van der Waals surface area contributed by atoms with Gasteiger partial charge in [-0.15, -0.1) is 12.4 Å². The van der Waals surface area contributed by atoms with Crippen molar-refractivity contribution in [2.24, 2.45) is 5.92 Å². The van der Waals surface area contributed by atoms with Crippen LogP contribution >= 0.6 is 12.4 Å². The van der Waals surface area contributed by atoms with Crippen LogP contribution in [0, 0.1) is 17.6 Å². The van der Waals surface area contributed by atoms with Crippen LogP contribution in [-0.4, -0.2) is 25.0 Å². The number of halogens is 3. The van der Waals surface area contributed by atoms with Gasteiger partial charge in [0.05, 0.1) is 0 Å². The summed E-state index contributed by atoms with van der Waals surface area (Å²) in [5.41, 5.74) is 0.0643. The number of rotatable bonds is 3. The van der Waals surface area contributed by atoms with Crippen LogP contribution in [0.25, 0.3) is 0 Å². The number of benzene rings is 1. The molecular weight excluding hydrogens is 298 g/mol. The molecule has 0 radical (unpaired) electrons. The molecular formula is C15H19ClF2N2O. The van der Waals surface area contributed by atoms with Gasteiger partial charge in [-0.25, -0.2) is 8.78 Å². The summed E-state index contributed by atoms with van der Waals surface area (Å²) in [6.07, 6.45) is 2.54. The van der Waals surface area contributed by atoms with Crippen LogP contribution in [0.2, 0.25) is 0 Å². The minimum atomic E-state index is -0.551. The van der Waals surface area contributed by atoms with Crippen molar-refractivity contribution in [1.82, 2.24) is 10.6 Å². The maximum Gasteiger partial charge on any atom is 0.224 e. The Labute approximate surface area is 128 Å². The Morgan fingerprint density at radius 2 is 2.00 bits per heavy atom. The lowest BCUT2D eigenvalue weighted by molar-refractivity contribution is -0.123. The summed E-state index contributed by atoms with van der Waals surface area (Å²) in [4.78, 5) is 12.1. The van der Waals surface area contributed by atoms with Gasteiger partial charge in [0, 0.05) is 30.0 Å². The van der Waals surface area contributed by atoms with Gasteiger partial charge < -0.3 is 10.6 Å². The van der Waals surface area contributed by atoms with Crippen LogP contribution in [0.15, 0.2) is 18.2 Å². The van der Waals surface area contributed by atoms with Crippen LogP contribution in [0.1, 0.15) is 30.7 Å². The predicted octanol–water partition coefficient (Wildman–Crippen LogP) is 2.36. The molecule has 6 heteroatoms. The molecule has 21 heavy (non-hydrogen) atoms. The quantitative estimate of drug-likeness (QED) is 0.899. The van der Waals surface area contributed by atoms with E-state index in [9.17, 15) is 13.6 Å². The molecule has 1 aromatic carbocycles. The highest BCUT2D eigenvalue weighted by atomic mass is 35.5. The van der Waals surface area contributed by atoms with Gasteiger partial charge in [0.2, 0.25) is 5.91 Å². The minimum absolute atomic E-state index is 0. The first-order valence-corrected chi connectivity index (χ1v) is 7.12. The van der Waals surface area contributed by atoms with E-state index in [4.69, 9.17) is 0 Å². The number of nitrogens with one attached hydrogen (secondary N) is 2. The fourth-order valence-corrected chi connectivity index (χ4v) is 2.95. The zero-order valence-corrected chi connectivity index (χ0v) is 12.4. The molecule has 3 nitrogen and oxygen atoms in total. The van der Waals surface area contributed by atoms with Crippen LogP contribution in [-0.2, 0) is 4.79 Å². The van der Waals surface area contributed by atoms with Gasteiger partial charge in [-0.3, -0.25) is 4.79 Å². The van der Waals surface area contributed by atoms with Crippen LogP contribution in [0.4, 0.5) is 8.78 Å². The van der Waals surface area contributed by atoms with E-state index in [1.807, 2.05) is 0 Å². The fourth-order valence-electron chi connectivity index (χ4n) is 2.95. The second-order valence-corrected chi connectivity index (χ2v) is 5.64. The number of hydrogen-bond donors (Lipinski definition) is 2. The summed E-state index contributed by atoms with van der Waals surface area (Å²) < 4.78 is 27.3.